The Labute approximate surface area is 113 Å². The summed E-state index contributed by atoms with van der Waals surface area (Å²) in [7, 11) is 0. The van der Waals surface area contributed by atoms with Crippen LogP contribution in [0.15, 0.2) is 24.3 Å². The fraction of sp³-hybridized carbons (Fsp3) is 0.571. The van der Waals surface area contributed by atoms with Crippen molar-refractivity contribution in [2.45, 2.75) is 34.2 Å². The van der Waals surface area contributed by atoms with Crippen LogP contribution in [0.2, 0.25) is 0 Å². The molecule has 0 aliphatic carbocycles. The van der Waals surface area contributed by atoms with Gasteiger partial charge < -0.3 is 5.32 Å². The first-order valence-corrected chi connectivity index (χ1v) is 6.92. The maximum Gasteiger partial charge on any atom is 0.0205 e. The molecule has 1 N–H and O–H groups in total. The Morgan fingerprint density at radius 1 is 1.19 bits per heavy atom. The zero-order chi connectivity index (χ0) is 12.2. The third-order valence-electron chi connectivity index (χ3n) is 3.17. The van der Waals surface area contributed by atoms with E-state index in [0.29, 0.717) is 11.3 Å². The standard InChI is InChI=1S/C14H22IN/c1-11(14(2,3)4)9-16-10-12-5-7-13(15)8-6-12/h5-8,11,16H,9-10H2,1-4H3. The molecule has 0 aliphatic heterocycles. The second-order valence-corrected chi connectivity index (χ2v) is 6.77. The molecule has 0 spiro atoms. The van der Waals surface area contributed by atoms with E-state index in [4.69, 9.17) is 0 Å². The van der Waals surface area contributed by atoms with E-state index in [9.17, 15) is 0 Å². The second-order valence-electron chi connectivity index (χ2n) is 5.52. The Bertz CT molecular complexity index is 311. The van der Waals surface area contributed by atoms with E-state index in [1.54, 1.807) is 0 Å². The van der Waals surface area contributed by atoms with Gasteiger partial charge >= 0.3 is 0 Å². The minimum Gasteiger partial charge on any atom is -0.312 e. The largest absolute Gasteiger partial charge is 0.312 e. The van der Waals surface area contributed by atoms with Crippen LogP contribution < -0.4 is 5.32 Å². The third kappa shape index (κ3) is 4.83. The first-order valence-electron chi connectivity index (χ1n) is 5.85. The maximum atomic E-state index is 3.53. The fourth-order valence-corrected chi connectivity index (χ4v) is 1.70. The highest BCUT2D eigenvalue weighted by Gasteiger charge is 2.18. The van der Waals surface area contributed by atoms with Crippen LogP contribution in [0.3, 0.4) is 0 Å². The average Bonchev–Trinajstić information content (AvgIpc) is 2.19. The summed E-state index contributed by atoms with van der Waals surface area (Å²) in [5, 5.41) is 3.53. The molecule has 2 heteroatoms. The van der Waals surface area contributed by atoms with Gasteiger partial charge in [0.2, 0.25) is 0 Å². The Hall–Kier alpha value is -0.0900. The number of nitrogens with one attached hydrogen (secondary N) is 1. The predicted molar refractivity (Wildman–Crippen MR) is 79.5 cm³/mol. The van der Waals surface area contributed by atoms with Crippen molar-refractivity contribution in [3.63, 3.8) is 0 Å². The van der Waals surface area contributed by atoms with Gasteiger partial charge in [-0.3, -0.25) is 0 Å². The Morgan fingerprint density at radius 3 is 2.25 bits per heavy atom. The lowest BCUT2D eigenvalue weighted by Crippen LogP contribution is -2.29. The quantitative estimate of drug-likeness (QED) is 0.821. The molecule has 0 amide bonds. The molecule has 0 heterocycles. The highest BCUT2D eigenvalue weighted by atomic mass is 127. The zero-order valence-electron chi connectivity index (χ0n) is 10.7. The highest BCUT2D eigenvalue weighted by Crippen LogP contribution is 2.24. The molecule has 1 nitrogen and oxygen atoms in total. The van der Waals surface area contributed by atoms with Crippen molar-refractivity contribution < 1.29 is 0 Å². The van der Waals surface area contributed by atoms with E-state index >= 15 is 0 Å². The molecule has 1 rings (SSSR count). The van der Waals surface area contributed by atoms with Crippen molar-refractivity contribution in [1.82, 2.24) is 5.32 Å². The van der Waals surface area contributed by atoms with Crippen LogP contribution >= 0.6 is 22.6 Å². The molecule has 0 radical (unpaired) electrons. The summed E-state index contributed by atoms with van der Waals surface area (Å²) in [6, 6.07) is 8.70. The molecule has 0 aliphatic rings. The summed E-state index contributed by atoms with van der Waals surface area (Å²) in [5.41, 5.74) is 1.75. The summed E-state index contributed by atoms with van der Waals surface area (Å²) in [6.07, 6.45) is 0. The van der Waals surface area contributed by atoms with E-state index in [1.165, 1.54) is 9.13 Å². The smallest absolute Gasteiger partial charge is 0.0205 e. The summed E-state index contributed by atoms with van der Waals surface area (Å²) in [6.45, 7) is 11.2. The molecule has 0 aromatic heterocycles. The number of hydrogen-bond acceptors (Lipinski definition) is 1. The number of rotatable bonds is 4. The van der Waals surface area contributed by atoms with Crippen LogP contribution in [0, 0.1) is 14.9 Å². The van der Waals surface area contributed by atoms with E-state index < -0.39 is 0 Å². The van der Waals surface area contributed by atoms with Crippen molar-refractivity contribution in [2.24, 2.45) is 11.3 Å². The molecule has 90 valence electrons. The summed E-state index contributed by atoms with van der Waals surface area (Å²) in [4.78, 5) is 0. The lowest BCUT2D eigenvalue weighted by Gasteiger charge is -2.27. The van der Waals surface area contributed by atoms with E-state index in [1.807, 2.05) is 0 Å². The first kappa shape index (κ1) is 14.0. The predicted octanol–water partition coefficient (Wildman–Crippen LogP) is 4.06. The Morgan fingerprint density at radius 2 is 1.75 bits per heavy atom. The van der Waals surface area contributed by atoms with Crippen molar-refractivity contribution in [3.8, 4) is 0 Å². The van der Waals surface area contributed by atoms with E-state index in [-0.39, 0.29) is 0 Å². The van der Waals surface area contributed by atoms with Crippen LogP contribution in [-0.4, -0.2) is 6.54 Å². The maximum absolute atomic E-state index is 3.53. The van der Waals surface area contributed by atoms with Gasteiger partial charge in [0.25, 0.3) is 0 Å². The van der Waals surface area contributed by atoms with E-state index in [0.717, 1.165) is 13.1 Å². The van der Waals surface area contributed by atoms with Gasteiger partial charge in [-0.25, -0.2) is 0 Å². The number of benzene rings is 1. The zero-order valence-corrected chi connectivity index (χ0v) is 12.8. The van der Waals surface area contributed by atoms with Crippen LogP contribution in [0.5, 0.6) is 0 Å². The van der Waals surface area contributed by atoms with Crippen molar-refractivity contribution in [2.75, 3.05) is 6.54 Å². The second kappa shape index (κ2) is 6.01. The van der Waals surface area contributed by atoms with Gasteiger partial charge in [0.15, 0.2) is 0 Å². The number of halogens is 1. The molecule has 1 aromatic rings. The Kier molecular flexibility index (Phi) is 5.25. The van der Waals surface area contributed by atoms with Gasteiger partial charge in [-0.1, -0.05) is 39.8 Å². The van der Waals surface area contributed by atoms with Crippen molar-refractivity contribution >= 4 is 22.6 Å². The summed E-state index contributed by atoms with van der Waals surface area (Å²) < 4.78 is 1.30. The molecule has 0 fully saturated rings. The molecular weight excluding hydrogens is 309 g/mol. The van der Waals surface area contributed by atoms with Crippen molar-refractivity contribution in [3.05, 3.63) is 33.4 Å². The lowest BCUT2D eigenvalue weighted by atomic mass is 9.82. The molecular formula is C14H22IN. The van der Waals surface area contributed by atoms with Crippen LogP contribution in [0.25, 0.3) is 0 Å². The van der Waals surface area contributed by atoms with Gasteiger partial charge in [-0.15, -0.1) is 0 Å². The molecule has 1 atom stereocenters. The molecule has 1 unspecified atom stereocenters. The minimum atomic E-state index is 0.388. The minimum absolute atomic E-state index is 0.388. The monoisotopic (exact) mass is 331 g/mol. The van der Waals surface area contributed by atoms with Gasteiger partial charge in [-0.05, 0) is 58.2 Å². The SMILES string of the molecule is CC(CNCc1ccc(I)cc1)C(C)(C)C. The molecule has 0 bridgehead atoms. The first-order chi connectivity index (χ1) is 7.39. The average molecular weight is 331 g/mol. The van der Waals surface area contributed by atoms with Crippen LogP contribution in [0.1, 0.15) is 33.3 Å². The third-order valence-corrected chi connectivity index (χ3v) is 3.89. The normalized spacial score (nSPS) is 13.8. The van der Waals surface area contributed by atoms with E-state index in [2.05, 4.69) is 79.9 Å². The van der Waals surface area contributed by atoms with Crippen LogP contribution in [-0.2, 0) is 6.54 Å². The fourth-order valence-electron chi connectivity index (χ4n) is 1.34. The molecule has 0 saturated heterocycles. The molecule has 1 aromatic carbocycles. The molecule has 0 saturated carbocycles. The van der Waals surface area contributed by atoms with Crippen molar-refractivity contribution in [1.29, 1.82) is 0 Å². The van der Waals surface area contributed by atoms with Crippen LogP contribution in [0.4, 0.5) is 0 Å². The summed E-state index contributed by atoms with van der Waals surface area (Å²) >= 11 is 2.33. The topological polar surface area (TPSA) is 12.0 Å². The molecule has 16 heavy (non-hydrogen) atoms. The number of hydrogen-bond donors (Lipinski definition) is 1. The Balaban J connectivity index is 2.33. The summed E-state index contributed by atoms with van der Waals surface area (Å²) in [5.74, 6) is 0.691. The highest BCUT2D eigenvalue weighted by molar-refractivity contribution is 14.1. The van der Waals surface area contributed by atoms with Gasteiger partial charge in [0.05, 0.1) is 0 Å². The van der Waals surface area contributed by atoms with Gasteiger partial charge in [0.1, 0.15) is 0 Å². The lowest BCUT2D eigenvalue weighted by molar-refractivity contribution is 0.252. The van der Waals surface area contributed by atoms with Gasteiger partial charge in [0, 0.05) is 10.1 Å². The van der Waals surface area contributed by atoms with Gasteiger partial charge in [-0.2, -0.15) is 0 Å².